The lowest BCUT2D eigenvalue weighted by atomic mass is 9.95. The zero-order valence-electron chi connectivity index (χ0n) is 16.6. The maximum Gasteiger partial charge on any atom is 0.341 e. The standard InChI is InChI=1S/C21H21F2NO5S/c1-11(2)29-21(27)18-15-5-3-4-6-16(15)30-19(18)24-17(25)10-28-20(26)12-7-13(22)9-14(23)8-12/h7-9,11H,3-6,10H2,1-2H3,(H,24,25). The van der Waals surface area contributed by atoms with E-state index in [0.29, 0.717) is 16.6 Å². The Labute approximate surface area is 176 Å². The molecule has 6 nitrogen and oxygen atoms in total. The van der Waals surface area contributed by atoms with Crippen LogP contribution in [-0.4, -0.2) is 30.6 Å². The topological polar surface area (TPSA) is 81.7 Å². The minimum Gasteiger partial charge on any atom is -0.459 e. The van der Waals surface area contributed by atoms with Crippen molar-refractivity contribution < 1.29 is 32.6 Å². The van der Waals surface area contributed by atoms with Crippen molar-refractivity contribution in [3.63, 3.8) is 0 Å². The number of fused-ring (bicyclic) bond motifs is 1. The van der Waals surface area contributed by atoms with Gasteiger partial charge in [-0.05, 0) is 57.2 Å². The number of benzene rings is 1. The number of carbonyl (C=O) groups is 3. The van der Waals surface area contributed by atoms with Crippen LogP contribution in [0.15, 0.2) is 18.2 Å². The van der Waals surface area contributed by atoms with Gasteiger partial charge in [-0.25, -0.2) is 18.4 Å². The molecule has 0 radical (unpaired) electrons. The van der Waals surface area contributed by atoms with Gasteiger partial charge < -0.3 is 14.8 Å². The van der Waals surface area contributed by atoms with Crippen LogP contribution in [0.4, 0.5) is 13.8 Å². The van der Waals surface area contributed by atoms with Gasteiger partial charge in [-0.15, -0.1) is 11.3 Å². The Morgan fingerprint density at radius 3 is 2.40 bits per heavy atom. The van der Waals surface area contributed by atoms with Gasteiger partial charge in [0.2, 0.25) is 0 Å². The van der Waals surface area contributed by atoms with E-state index in [2.05, 4.69) is 5.32 Å². The number of ether oxygens (including phenoxy) is 2. The molecule has 1 aromatic carbocycles. The van der Waals surface area contributed by atoms with Crippen molar-refractivity contribution in [1.82, 2.24) is 0 Å². The molecule has 9 heteroatoms. The summed E-state index contributed by atoms with van der Waals surface area (Å²) in [5, 5.41) is 2.96. The number of anilines is 1. The monoisotopic (exact) mass is 437 g/mol. The summed E-state index contributed by atoms with van der Waals surface area (Å²) < 4.78 is 36.6. The number of halogens is 2. The molecular formula is C21H21F2NO5S. The fourth-order valence-corrected chi connectivity index (χ4v) is 4.49. The fourth-order valence-electron chi connectivity index (χ4n) is 3.19. The van der Waals surface area contributed by atoms with Crippen molar-refractivity contribution in [3.05, 3.63) is 51.4 Å². The number of amides is 1. The van der Waals surface area contributed by atoms with Crippen LogP contribution in [-0.2, 0) is 27.1 Å². The van der Waals surface area contributed by atoms with Crippen molar-refractivity contribution in [2.75, 3.05) is 11.9 Å². The molecule has 1 amide bonds. The Bertz CT molecular complexity index is 966. The normalized spacial score (nSPS) is 13.0. The molecule has 160 valence electrons. The van der Waals surface area contributed by atoms with E-state index in [1.165, 1.54) is 11.3 Å². The molecule has 0 unspecified atom stereocenters. The molecule has 0 saturated carbocycles. The van der Waals surface area contributed by atoms with Gasteiger partial charge in [-0.1, -0.05) is 0 Å². The molecule has 1 N–H and O–H groups in total. The molecule has 30 heavy (non-hydrogen) atoms. The van der Waals surface area contributed by atoms with Crippen molar-refractivity contribution in [3.8, 4) is 0 Å². The van der Waals surface area contributed by atoms with Crippen molar-refractivity contribution >= 4 is 34.2 Å². The van der Waals surface area contributed by atoms with Gasteiger partial charge in [0.05, 0.1) is 17.2 Å². The molecule has 0 saturated heterocycles. The third-order valence-corrected chi connectivity index (χ3v) is 5.61. The van der Waals surface area contributed by atoms with E-state index in [9.17, 15) is 23.2 Å². The number of hydrogen-bond donors (Lipinski definition) is 1. The Morgan fingerprint density at radius 1 is 1.07 bits per heavy atom. The molecule has 2 aromatic rings. The third kappa shape index (κ3) is 5.21. The van der Waals surface area contributed by atoms with E-state index in [4.69, 9.17) is 9.47 Å². The first kappa shape index (κ1) is 21.9. The molecule has 1 aliphatic carbocycles. The first-order chi connectivity index (χ1) is 14.2. The van der Waals surface area contributed by atoms with Crippen molar-refractivity contribution in [1.29, 1.82) is 0 Å². The van der Waals surface area contributed by atoms with Gasteiger partial charge in [0.25, 0.3) is 5.91 Å². The number of aryl methyl sites for hydroxylation is 1. The number of esters is 2. The van der Waals surface area contributed by atoms with Gasteiger partial charge >= 0.3 is 11.9 Å². The van der Waals surface area contributed by atoms with Crippen molar-refractivity contribution in [2.45, 2.75) is 45.6 Å². The highest BCUT2D eigenvalue weighted by molar-refractivity contribution is 7.17. The molecule has 1 aromatic heterocycles. The van der Waals surface area contributed by atoms with Crippen LogP contribution in [0.3, 0.4) is 0 Å². The molecule has 1 heterocycles. The van der Waals surface area contributed by atoms with Crippen molar-refractivity contribution in [2.24, 2.45) is 0 Å². The average molecular weight is 437 g/mol. The van der Waals surface area contributed by atoms with E-state index in [-0.39, 0.29) is 11.7 Å². The van der Waals surface area contributed by atoms with E-state index >= 15 is 0 Å². The Hall–Kier alpha value is -2.81. The second-order valence-electron chi connectivity index (χ2n) is 7.15. The van der Waals surface area contributed by atoms with Crippen LogP contribution in [0.25, 0.3) is 0 Å². The zero-order chi connectivity index (χ0) is 21.8. The summed E-state index contributed by atoms with van der Waals surface area (Å²) >= 11 is 1.31. The largest absolute Gasteiger partial charge is 0.459 e. The van der Waals surface area contributed by atoms with E-state index in [0.717, 1.165) is 48.3 Å². The molecule has 0 spiro atoms. The predicted octanol–water partition coefficient (Wildman–Crippen LogP) is 4.27. The maximum absolute atomic E-state index is 13.2. The number of carbonyl (C=O) groups excluding carboxylic acids is 3. The van der Waals surface area contributed by atoms with Crippen LogP contribution in [0.1, 0.15) is 57.8 Å². The molecule has 0 aliphatic heterocycles. The van der Waals surface area contributed by atoms with Gasteiger partial charge in [0.15, 0.2) is 6.61 Å². The lowest BCUT2D eigenvalue weighted by molar-refractivity contribution is -0.119. The molecule has 0 fully saturated rings. The molecular weight excluding hydrogens is 416 g/mol. The number of hydrogen-bond acceptors (Lipinski definition) is 6. The summed E-state index contributed by atoms with van der Waals surface area (Å²) in [5.41, 5.74) is 0.891. The summed E-state index contributed by atoms with van der Waals surface area (Å²) in [4.78, 5) is 37.9. The zero-order valence-corrected chi connectivity index (χ0v) is 17.4. The summed E-state index contributed by atoms with van der Waals surface area (Å²) in [5.74, 6) is -4.06. The van der Waals surface area contributed by atoms with Gasteiger partial charge in [0, 0.05) is 10.9 Å². The lowest BCUT2D eigenvalue weighted by Crippen LogP contribution is -2.22. The highest BCUT2D eigenvalue weighted by Gasteiger charge is 2.28. The third-order valence-electron chi connectivity index (χ3n) is 4.40. The fraction of sp³-hybridized carbons (Fsp3) is 0.381. The number of thiophene rings is 1. The average Bonchev–Trinajstić information content (AvgIpc) is 3.02. The first-order valence-electron chi connectivity index (χ1n) is 9.53. The number of rotatable bonds is 6. The van der Waals surface area contributed by atoms with E-state index < -0.39 is 36.1 Å². The maximum atomic E-state index is 13.2. The molecule has 0 atom stereocenters. The SMILES string of the molecule is CC(C)OC(=O)c1c(NC(=O)COC(=O)c2cc(F)cc(F)c2)sc2c1CCCC2. The summed E-state index contributed by atoms with van der Waals surface area (Å²) in [7, 11) is 0. The highest BCUT2D eigenvalue weighted by atomic mass is 32.1. The second-order valence-corrected chi connectivity index (χ2v) is 8.26. The first-order valence-corrected chi connectivity index (χ1v) is 10.3. The minimum atomic E-state index is -1.03. The quantitative estimate of drug-likeness (QED) is 0.683. The smallest absolute Gasteiger partial charge is 0.341 e. The predicted molar refractivity (Wildman–Crippen MR) is 107 cm³/mol. The van der Waals surface area contributed by atoms with Gasteiger partial charge in [-0.3, -0.25) is 4.79 Å². The van der Waals surface area contributed by atoms with Gasteiger partial charge in [-0.2, -0.15) is 0 Å². The van der Waals surface area contributed by atoms with Gasteiger partial charge in [0.1, 0.15) is 16.6 Å². The molecule has 0 bridgehead atoms. The summed E-state index contributed by atoms with van der Waals surface area (Å²) in [6.45, 7) is 2.81. The molecule has 3 rings (SSSR count). The Kier molecular flexibility index (Phi) is 6.81. The Balaban J connectivity index is 1.71. The molecule has 1 aliphatic rings. The van der Waals surface area contributed by atoms with E-state index in [1.54, 1.807) is 13.8 Å². The van der Waals surface area contributed by atoms with Crippen LogP contribution >= 0.6 is 11.3 Å². The van der Waals surface area contributed by atoms with E-state index in [1.807, 2.05) is 0 Å². The second kappa shape index (κ2) is 9.34. The Morgan fingerprint density at radius 2 is 1.73 bits per heavy atom. The summed E-state index contributed by atoms with van der Waals surface area (Å²) in [6.07, 6.45) is 3.18. The minimum absolute atomic E-state index is 0.312. The van der Waals surface area contributed by atoms with Crippen LogP contribution in [0, 0.1) is 11.6 Å². The van der Waals surface area contributed by atoms with Crippen LogP contribution in [0.5, 0.6) is 0 Å². The lowest BCUT2D eigenvalue weighted by Gasteiger charge is -2.14. The van der Waals surface area contributed by atoms with Crippen LogP contribution in [0.2, 0.25) is 0 Å². The van der Waals surface area contributed by atoms with Crippen LogP contribution < -0.4 is 5.32 Å². The summed E-state index contributed by atoms with van der Waals surface area (Å²) in [6, 6.07) is 2.26. The number of nitrogens with one attached hydrogen (secondary N) is 1. The highest BCUT2D eigenvalue weighted by Crippen LogP contribution is 2.38.